The molecule has 47 heavy (non-hydrogen) atoms. The van der Waals surface area contributed by atoms with Crippen molar-refractivity contribution in [3.63, 3.8) is 0 Å². The van der Waals surface area contributed by atoms with Gasteiger partial charge in [-0.2, -0.15) is 0 Å². The van der Waals surface area contributed by atoms with Gasteiger partial charge in [0.15, 0.2) is 6.10 Å². The van der Waals surface area contributed by atoms with Crippen molar-refractivity contribution in [2.75, 3.05) is 20.3 Å². The lowest BCUT2D eigenvalue weighted by molar-refractivity contribution is -0.161. The number of carbonyl (C=O) groups is 2. The third kappa shape index (κ3) is 34.2. The predicted molar refractivity (Wildman–Crippen MR) is 193 cm³/mol. The van der Waals surface area contributed by atoms with Crippen molar-refractivity contribution >= 4 is 19.8 Å². The van der Waals surface area contributed by atoms with E-state index in [0.717, 1.165) is 64.9 Å². The lowest BCUT2D eigenvalue weighted by Gasteiger charge is -2.19. The molecule has 2 atom stereocenters. The highest BCUT2D eigenvalue weighted by Crippen LogP contribution is 2.42. The second-order valence-electron chi connectivity index (χ2n) is 12.7. The highest BCUT2D eigenvalue weighted by Gasteiger charge is 2.24. The Kier molecular flexibility index (Phi) is 33.3. The fourth-order valence-electron chi connectivity index (χ4n) is 5.22. The third-order valence-corrected chi connectivity index (χ3v) is 9.14. The van der Waals surface area contributed by atoms with Crippen LogP contribution in [0.4, 0.5) is 0 Å². The summed E-state index contributed by atoms with van der Waals surface area (Å²) in [5.41, 5.74) is 0. The summed E-state index contributed by atoms with van der Waals surface area (Å²) >= 11 is 0. The van der Waals surface area contributed by atoms with Crippen molar-refractivity contribution in [3.05, 3.63) is 24.3 Å². The van der Waals surface area contributed by atoms with E-state index < -0.39 is 26.5 Å². The minimum atomic E-state index is -4.26. The number of esters is 2. The first-order chi connectivity index (χ1) is 22.8. The Hall–Kier alpha value is -1.47. The number of rotatable bonds is 35. The van der Waals surface area contributed by atoms with Crippen LogP contribution in [0.5, 0.6) is 0 Å². The zero-order valence-corrected chi connectivity index (χ0v) is 31.3. The summed E-state index contributed by atoms with van der Waals surface area (Å²) in [6.45, 7) is 3.84. The van der Waals surface area contributed by atoms with E-state index in [-0.39, 0.29) is 19.0 Å². The van der Waals surface area contributed by atoms with Crippen LogP contribution in [-0.2, 0) is 32.7 Å². The molecule has 9 heteroatoms. The number of ether oxygens (including phenoxy) is 2. The zero-order chi connectivity index (χ0) is 34.7. The van der Waals surface area contributed by atoms with Crippen LogP contribution >= 0.6 is 7.82 Å². The molecule has 0 aliphatic rings. The van der Waals surface area contributed by atoms with Crippen molar-refractivity contribution in [2.45, 2.75) is 187 Å². The van der Waals surface area contributed by atoms with Gasteiger partial charge >= 0.3 is 19.8 Å². The molecule has 0 aliphatic heterocycles. The average molecular weight is 687 g/mol. The fraction of sp³-hybridized carbons (Fsp3) is 0.842. The average Bonchev–Trinajstić information content (AvgIpc) is 3.06. The maximum absolute atomic E-state index is 12.4. The second kappa shape index (κ2) is 34.4. The van der Waals surface area contributed by atoms with Gasteiger partial charge in [0, 0.05) is 20.0 Å². The number of allylic oxidation sites excluding steroid dienone is 4. The molecule has 0 radical (unpaired) electrons. The summed E-state index contributed by atoms with van der Waals surface area (Å²) in [5.74, 6) is -0.816. The molecule has 0 heterocycles. The number of phosphoric acid groups is 1. The number of unbranched alkanes of at least 4 members (excludes halogenated alkanes) is 20. The van der Waals surface area contributed by atoms with E-state index in [0.29, 0.717) is 12.8 Å². The third-order valence-electron chi connectivity index (χ3n) is 8.20. The summed E-state index contributed by atoms with van der Waals surface area (Å²) in [5, 5.41) is 0. The molecular formula is C38H71O8P. The molecule has 276 valence electrons. The Balaban J connectivity index is 4.08. The van der Waals surface area contributed by atoms with E-state index in [1.165, 1.54) is 89.9 Å². The maximum atomic E-state index is 12.4. The van der Waals surface area contributed by atoms with Crippen molar-refractivity contribution in [1.82, 2.24) is 0 Å². The van der Waals surface area contributed by atoms with E-state index in [2.05, 4.69) is 42.7 Å². The summed E-state index contributed by atoms with van der Waals surface area (Å²) in [6.07, 6.45) is 36.5. The maximum Gasteiger partial charge on any atom is 0.472 e. The lowest BCUT2D eigenvalue weighted by atomic mass is 10.0. The Morgan fingerprint density at radius 2 is 1.02 bits per heavy atom. The molecule has 0 aromatic heterocycles. The minimum Gasteiger partial charge on any atom is -0.462 e. The Labute approximate surface area is 288 Å². The minimum absolute atomic E-state index is 0.227. The monoisotopic (exact) mass is 686 g/mol. The molecule has 0 aliphatic carbocycles. The van der Waals surface area contributed by atoms with Gasteiger partial charge in [0.2, 0.25) is 0 Å². The summed E-state index contributed by atoms with van der Waals surface area (Å²) < 4.78 is 31.8. The Bertz CT molecular complexity index is 829. The van der Waals surface area contributed by atoms with Gasteiger partial charge in [-0.15, -0.1) is 0 Å². The second-order valence-corrected chi connectivity index (χ2v) is 14.3. The summed E-state index contributed by atoms with van der Waals surface area (Å²) in [7, 11) is -3.20. The number of hydrogen-bond acceptors (Lipinski definition) is 7. The molecule has 0 saturated carbocycles. The predicted octanol–water partition coefficient (Wildman–Crippen LogP) is 11.5. The van der Waals surface area contributed by atoms with Crippen LogP contribution in [-0.4, -0.2) is 43.3 Å². The van der Waals surface area contributed by atoms with Crippen molar-refractivity contribution in [2.24, 2.45) is 0 Å². The van der Waals surface area contributed by atoms with Gasteiger partial charge in [-0.05, 0) is 44.9 Å². The van der Waals surface area contributed by atoms with E-state index in [1.807, 2.05) is 0 Å². The van der Waals surface area contributed by atoms with E-state index in [9.17, 15) is 19.0 Å². The summed E-state index contributed by atoms with van der Waals surface area (Å²) in [6, 6.07) is 0. The van der Waals surface area contributed by atoms with E-state index in [1.54, 1.807) is 0 Å². The largest absolute Gasteiger partial charge is 0.472 e. The van der Waals surface area contributed by atoms with Crippen LogP contribution in [0, 0.1) is 0 Å². The first-order valence-electron chi connectivity index (χ1n) is 19.0. The molecule has 1 unspecified atom stereocenters. The van der Waals surface area contributed by atoms with Gasteiger partial charge in [-0.3, -0.25) is 18.6 Å². The highest BCUT2D eigenvalue weighted by molar-refractivity contribution is 7.47. The van der Waals surface area contributed by atoms with Crippen LogP contribution in [0.25, 0.3) is 0 Å². The zero-order valence-electron chi connectivity index (χ0n) is 30.4. The van der Waals surface area contributed by atoms with Crippen molar-refractivity contribution in [1.29, 1.82) is 0 Å². The molecule has 0 spiro atoms. The molecule has 0 amide bonds. The van der Waals surface area contributed by atoms with E-state index in [4.69, 9.17) is 14.0 Å². The van der Waals surface area contributed by atoms with Crippen molar-refractivity contribution in [3.8, 4) is 0 Å². The normalized spacial score (nSPS) is 13.7. The fourth-order valence-corrected chi connectivity index (χ4v) is 5.68. The standard InChI is InChI=1S/C38H71O8P/c1-4-6-8-10-12-14-16-18-19-21-23-25-27-29-31-33-38(40)46-36(35-45-47(41,42)43-3)34-44-37(39)32-30-28-26-24-22-20-17-15-13-11-9-7-5-2/h12,14,18-19,36H,4-11,13,15-17,20-35H2,1-3H3,(H,41,42)/b14-12-,19-18-/t36-/m1/s1. The number of carbonyl (C=O) groups excluding carboxylic acids is 2. The first kappa shape index (κ1) is 45.5. The lowest BCUT2D eigenvalue weighted by Crippen LogP contribution is -2.29. The highest BCUT2D eigenvalue weighted by atomic mass is 31.2. The first-order valence-corrected chi connectivity index (χ1v) is 20.5. The van der Waals surface area contributed by atoms with Crippen LogP contribution in [0.1, 0.15) is 181 Å². The van der Waals surface area contributed by atoms with Crippen molar-refractivity contribution < 1.29 is 37.6 Å². The van der Waals surface area contributed by atoms with Gasteiger partial charge in [0.1, 0.15) is 6.61 Å². The molecule has 1 N–H and O–H groups in total. The van der Waals surface area contributed by atoms with Gasteiger partial charge in [-0.1, -0.05) is 147 Å². The van der Waals surface area contributed by atoms with Crippen LogP contribution in [0.3, 0.4) is 0 Å². The topological polar surface area (TPSA) is 108 Å². The molecule has 8 nitrogen and oxygen atoms in total. The Morgan fingerprint density at radius 1 is 0.596 bits per heavy atom. The number of hydrogen-bond donors (Lipinski definition) is 1. The molecule has 0 fully saturated rings. The SMILES string of the molecule is CCCCC/C=C\C/C=C\CCCCCCCC(=O)O[C@H](COC(=O)CCCCCCCCCCCCCCC)COP(=O)(O)OC. The van der Waals surface area contributed by atoms with Gasteiger partial charge in [0.25, 0.3) is 0 Å². The number of phosphoric ester groups is 1. The van der Waals surface area contributed by atoms with Crippen LogP contribution in [0.15, 0.2) is 24.3 Å². The molecular weight excluding hydrogens is 615 g/mol. The van der Waals surface area contributed by atoms with Gasteiger partial charge in [-0.25, -0.2) is 4.57 Å². The van der Waals surface area contributed by atoms with Crippen LogP contribution in [0.2, 0.25) is 0 Å². The van der Waals surface area contributed by atoms with Gasteiger partial charge < -0.3 is 14.4 Å². The summed E-state index contributed by atoms with van der Waals surface area (Å²) in [4.78, 5) is 34.3. The quantitative estimate of drug-likeness (QED) is 0.0304. The van der Waals surface area contributed by atoms with E-state index >= 15 is 0 Å². The molecule has 0 bridgehead atoms. The van der Waals surface area contributed by atoms with Gasteiger partial charge in [0.05, 0.1) is 6.61 Å². The molecule has 0 aromatic carbocycles. The molecule has 0 rings (SSSR count). The molecule has 0 aromatic rings. The van der Waals surface area contributed by atoms with Crippen LogP contribution < -0.4 is 0 Å². The Morgan fingerprint density at radius 3 is 1.53 bits per heavy atom. The smallest absolute Gasteiger partial charge is 0.462 e. The molecule has 0 saturated heterocycles.